The number of carbonyl (C=O) groups excluding carboxylic acids is 2. The number of fused-ring (bicyclic) bond motifs is 5. The third kappa shape index (κ3) is 2.91. The normalized spacial score (nSPS) is 46.2. The minimum atomic E-state index is -0.175. The van der Waals surface area contributed by atoms with Crippen LogP contribution in [0, 0.1) is 34.5 Å². The van der Waals surface area contributed by atoms with E-state index in [1.54, 1.807) is 6.92 Å². The summed E-state index contributed by atoms with van der Waals surface area (Å²) in [5.74, 6) is 1.81. The van der Waals surface area contributed by atoms with Gasteiger partial charge in [0.1, 0.15) is 5.78 Å². The number of hydrogen-bond acceptors (Lipinski definition) is 3. The van der Waals surface area contributed by atoms with Crippen molar-refractivity contribution < 1.29 is 14.7 Å². The molecule has 0 aliphatic heterocycles. The molecule has 0 radical (unpaired) electrons. The van der Waals surface area contributed by atoms with Gasteiger partial charge in [0.15, 0.2) is 0 Å². The summed E-state index contributed by atoms with van der Waals surface area (Å²) in [6.07, 6.45) is 11.1. The predicted molar refractivity (Wildman–Crippen MR) is 109 cm³/mol. The van der Waals surface area contributed by atoms with Gasteiger partial charge in [-0.3, -0.25) is 9.59 Å². The van der Waals surface area contributed by atoms with Gasteiger partial charge in [0.2, 0.25) is 5.91 Å². The molecule has 3 fully saturated rings. The van der Waals surface area contributed by atoms with Crippen LogP contribution < -0.4 is 5.32 Å². The second kappa shape index (κ2) is 6.83. The Kier molecular flexibility index (Phi) is 4.85. The zero-order valence-electron chi connectivity index (χ0n) is 17.8. The zero-order valence-corrected chi connectivity index (χ0v) is 17.8. The molecule has 0 saturated heterocycles. The highest BCUT2D eigenvalue weighted by atomic mass is 16.3. The standard InChI is InChI=1S/C24H35NO3/c1-14(26)22-16(13-25-15(2)27)11-21-19-6-5-17-12-18(28)7-9-23(17,3)20(19)8-10-24(21,22)4/h5,13,18-22,28H,6-12H2,1-4H3,(H,25,27)/b16-13-/t18?,19-,20+,21+,22+,23+,24+/m1/s1. The van der Waals surface area contributed by atoms with Crippen molar-refractivity contribution in [2.75, 3.05) is 0 Å². The fraction of sp³-hybridized carbons (Fsp3) is 0.750. The van der Waals surface area contributed by atoms with E-state index in [-0.39, 0.29) is 34.5 Å². The van der Waals surface area contributed by atoms with Crippen molar-refractivity contribution in [3.8, 4) is 0 Å². The van der Waals surface area contributed by atoms with Crippen LogP contribution in [0.15, 0.2) is 23.4 Å². The van der Waals surface area contributed by atoms with Gasteiger partial charge in [0.25, 0.3) is 0 Å². The average Bonchev–Trinajstić information content (AvgIpc) is 2.93. The van der Waals surface area contributed by atoms with Crippen LogP contribution in [-0.2, 0) is 9.59 Å². The van der Waals surface area contributed by atoms with E-state index in [2.05, 4.69) is 25.2 Å². The molecular formula is C24H35NO3. The van der Waals surface area contributed by atoms with Crippen LogP contribution in [0.4, 0.5) is 0 Å². The van der Waals surface area contributed by atoms with Gasteiger partial charge < -0.3 is 10.4 Å². The van der Waals surface area contributed by atoms with Crippen LogP contribution in [0.5, 0.6) is 0 Å². The Balaban J connectivity index is 1.69. The SMILES string of the molecule is CC(=O)N/C=C1/C[C@H]2[C@@H]3CC=C4CC(O)CC[C@]4(C)[C@H]3CC[C@]2(C)[C@H]1C(C)=O. The lowest BCUT2D eigenvalue weighted by Crippen LogP contribution is -2.50. The highest BCUT2D eigenvalue weighted by molar-refractivity contribution is 5.83. The molecule has 154 valence electrons. The van der Waals surface area contributed by atoms with Crippen LogP contribution in [-0.4, -0.2) is 22.9 Å². The van der Waals surface area contributed by atoms with Crippen LogP contribution in [0.2, 0.25) is 0 Å². The van der Waals surface area contributed by atoms with Crippen LogP contribution in [0.3, 0.4) is 0 Å². The Morgan fingerprint density at radius 2 is 1.89 bits per heavy atom. The Bertz CT molecular complexity index is 753. The quantitative estimate of drug-likeness (QED) is 0.702. The summed E-state index contributed by atoms with van der Waals surface area (Å²) < 4.78 is 0. The number of amides is 1. The molecule has 4 aliphatic carbocycles. The molecule has 0 heterocycles. The van der Waals surface area contributed by atoms with Gasteiger partial charge in [-0.25, -0.2) is 0 Å². The fourth-order valence-corrected chi connectivity index (χ4v) is 7.59. The number of nitrogens with one attached hydrogen (secondary N) is 1. The summed E-state index contributed by atoms with van der Waals surface area (Å²) in [6, 6.07) is 0. The van der Waals surface area contributed by atoms with Crippen molar-refractivity contribution in [2.24, 2.45) is 34.5 Å². The molecule has 0 spiro atoms. The Labute approximate surface area is 168 Å². The van der Waals surface area contributed by atoms with E-state index >= 15 is 0 Å². The van der Waals surface area contributed by atoms with E-state index in [4.69, 9.17) is 0 Å². The average molecular weight is 386 g/mol. The maximum Gasteiger partial charge on any atom is 0.220 e. The van der Waals surface area contributed by atoms with Gasteiger partial charge >= 0.3 is 0 Å². The zero-order chi connectivity index (χ0) is 20.3. The molecule has 4 rings (SSSR count). The first kappa shape index (κ1) is 19.9. The summed E-state index contributed by atoms with van der Waals surface area (Å²) in [4.78, 5) is 24.1. The van der Waals surface area contributed by atoms with E-state index in [0.29, 0.717) is 17.8 Å². The van der Waals surface area contributed by atoms with E-state index in [0.717, 1.165) is 44.1 Å². The molecule has 2 N–H and O–H groups in total. The number of carbonyl (C=O) groups is 2. The maximum atomic E-state index is 12.7. The molecule has 4 aliphatic rings. The maximum absolute atomic E-state index is 12.7. The summed E-state index contributed by atoms with van der Waals surface area (Å²) >= 11 is 0. The molecule has 0 aromatic heterocycles. The molecular weight excluding hydrogens is 350 g/mol. The van der Waals surface area contributed by atoms with Gasteiger partial charge in [-0.1, -0.05) is 25.5 Å². The van der Waals surface area contributed by atoms with Crippen molar-refractivity contribution in [1.82, 2.24) is 5.32 Å². The second-order valence-corrected chi connectivity index (χ2v) is 10.4. The molecule has 4 nitrogen and oxygen atoms in total. The number of hydrogen-bond donors (Lipinski definition) is 2. The third-order valence-corrected chi connectivity index (χ3v) is 8.87. The highest BCUT2D eigenvalue weighted by Gasteiger charge is 2.60. The van der Waals surface area contributed by atoms with Gasteiger partial charge in [-0.05, 0) is 86.0 Å². The third-order valence-electron chi connectivity index (χ3n) is 8.87. The van der Waals surface area contributed by atoms with E-state index in [1.807, 2.05) is 6.20 Å². The van der Waals surface area contributed by atoms with Crippen LogP contribution in [0.25, 0.3) is 0 Å². The van der Waals surface area contributed by atoms with Gasteiger partial charge in [0.05, 0.1) is 6.10 Å². The lowest BCUT2D eigenvalue weighted by Gasteiger charge is -2.57. The number of aliphatic hydroxyl groups is 1. The number of ketones is 1. The largest absolute Gasteiger partial charge is 0.393 e. The van der Waals surface area contributed by atoms with Crippen molar-refractivity contribution in [2.45, 2.75) is 78.7 Å². The minimum Gasteiger partial charge on any atom is -0.393 e. The Hall–Kier alpha value is -1.42. The van der Waals surface area contributed by atoms with E-state index in [9.17, 15) is 14.7 Å². The molecule has 1 unspecified atom stereocenters. The lowest BCUT2D eigenvalue weighted by molar-refractivity contribution is -0.126. The first-order valence-corrected chi connectivity index (χ1v) is 11.0. The van der Waals surface area contributed by atoms with Crippen molar-refractivity contribution in [3.05, 3.63) is 23.4 Å². The summed E-state index contributed by atoms with van der Waals surface area (Å²) in [5, 5.41) is 13.0. The molecule has 0 bridgehead atoms. The smallest absolute Gasteiger partial charge is 0.220 e. The van der Waals surface area contributed by atoms with Crippen molar-refractivity contribution in [3.63, 3.8) is 0 Å². The van der Waals surface area contributed by atoms with Crippen LogP contribution >= 0.6 is 0 Å². The molecule has 28 heavy (non-hydrogen) atoms. The van der Waals surface area contributed by atoms with Crippen molar-refractivity contribution in [1.29, 1.82) is 0 Å². The lowest BCUT2D eigenvalue weighted by atomic mass is 9.47. The minimum absolute atomic E-state index is 0.00676. The van der Waals surface area contributed by atoms with Crippen LogP contribution in [0.1, 0.15) is 72.6 Å². The fourth-order valence-electron chi connectivity index (χ4n) is 7.59. The Morgan fingerprint density at radius 3 is 2.57 bits per heavy atom. The molecule has 0 aromatic carbocycles. The first-order valence-electron chi connectivity index (χ1n) is 11.0. The number of aliphatic hydroxyl groups excluding tert-OH is 1. The monoisotopic (exact) mass is 385 g/mol. The predicted octanol–water partition coefficient (Wildman–Crippen LogP) is 4.15. The van der Waals surface area contributed by atoms with E-state index in [1.165, 1.54) is 18.9 Å². The van der Waals surface area contributed by atoms with Crippen molar-refractivity contribution >= 4 is 11.7 Å². The van der Waals surface area contributed by atoms with E-state index < -0.39 is 0 Å². The molecule has 3 saturated carbocycles. The number of allylic oxidation sites excluding steroid dienone is 2. The topological polar surface area (TPSA) is 66.4 Å². The second-order valence-electron chi connectivity index (χ2n) is 10.4. The Morgan fingerprint density at radius 1 is 1.14 bits per heavy atom. The van der Waals surface area contributed by atoms with Gasteiger partial charge in [-0.2, -0.15) is 0 Å². The van der Waals surface area contributed by atoms with Gasteiger partial charge in [0, 0.05) is 19.0 Å². The summed E-state index contributed by atoms with van der Waals surface area (Å²) in [5.41, 5.74) is 2.80. The molecule has 4 heteroatoms. The molecule has 7 atom stereocenters. The highest BCUT2D eigenvalue weighted by Crippen LogP contribution is 2.67. The number of Topliss-reactive ketones (excluding diaryl/α,β-unsaturated/α-hetero) is 1. The number of rotatable bonds is 2. The summed E-state index contributed by atoms with van der Waals surface area (Å²) in [6.45, 7) is 7.98. The molecule has 0 aromatic rings. The molecule has 1 amide bonds. The van der Waals surface area contributed by atoms with Gasteiger partial charge in [-0.15, -0.1) is 0 Å². The first-order chi connectivity index (χ1) is 13.2. The summed E-state index contributed by atoms with van der Waals surface area (Å²) in [7, 11) is 0.